The monoisotopic (exact) mass is 245 g/mol. The molecule has 0 bridgehead atoms. The molecule has 0 aromatic rings. The predicted molar refractivity (Wildman–Crippen MR) is 71.3 cm³/mol. The topological polar surface area (TPSA) is 58.4 Å². The number of carbonyl (C=O) groups is 1. The van der Waals surface area contributed by atoms with Crippen LogP contribution in [-0.2, 0) is 4.79 Å². The molecule has 0 aromatic heterocycles. The Balaban J connectivity index is 4.19. The first-order valence-electron chi connectivity index (χ1n) is 5.43. The SMILES string of the molecule is CC(CCN(C)C)NC(=O)C(C)(C)C(N)=S. The van der Waals surface area contributed by atoms with Gasteiger partial charge in [0.05, 0.1) is 10.4 Å². The molecule has 1 atom stereocenters. The third-order valence-electron chi connectivity index (χ3n) is 2.57. The van der Waals surface area contributed by atoms with Crippen molar-refractivity contribution in [2.45, 2.75) is 33.2 Å². The minimum atomic E-state index is -0.776. The summed E-state index contributed by atoms with van der Waals surface area (Å²) in [6.45, 7) is 6.40. The van der Waals surface area contributed by atoms with E-state index in [2.05, 4.69) is 10.2 Å². The standard InChI is InChI=1S/C11H23N3OS/c1-8(6-7-14(4)5)13-10(15)11(2,3)9(12)16/h8H,6-7H2,1-5H3,(H2,12,16)(H,13,15). The summed E-state index contributed by atoms with van der Waals surface area (Å²) < 4.78 is 0. The Morgan fingerprint density at radius 3 is 2.38 bits per heavy atom. The van der Waals surface area contributed by atoms with Crippen molar-refractivity contribution in [1.82, 2.24) is 10.2 Å². The van der Waals surface area contributed by atoms with Crippen LogP contribution in [0.5, 0.6) is 0 Å². The Morgan fingerprint density at radius 1 is 1.50 bits per heavy atom. The summed E-state index contributed by atoms with van der Waals surface area (Å²) in [5.41, 5.74) is 4.76. The molecule has 0 aliphatic carbocycles. The van der Waals surface area contributed by atoms with E-state index in [0.717, 1.165) is 13.0 Å². The van der Waals surface area contributed by atoms with Gasteiger partial charge in [0.15, 0.2) is 0 Å². The van der Waals surface area contributed by atoms with E-state index in [1.165, 1.54) is 0 Å². The fraction of sp³-hybridized carbons (Fsp3) is 0.818. The first-order chi connectivity index (χ1) is 7.17. The molecule has 0 saturated carbocycles. The average molecular weight is 245 g/mol. The maximum Gasteiger partial charge on any atom is 0.232 e. The van der Waals surface area contributed by atoms with Crippen molar-refractivity contribution in [1.29, 1.82) is 0 Å². The lowest BCUT2D eigenvalue weighted by Crippen LogP contribution is -2.48. The van der Waals surface area contributed by atoms with E-state index in [9.17, 15) is 4.79 Å². The smallest absolute Gasteiger partial charge is 0.232 e. The lowest BCUT2D eigenvalue weighted by Gasteiger charge is -2.25. The summed E-state index contributed by atoms with van der Waals surface area (Å²) in [6.07, 6.45) is 0.909. The molecule has 0 spiro atoms. The van der Waals surface area contributed by atoms with Gasteiger partial charge < -0.3 is 16.0 Å². The summed E-state index contributed by atoms with van der Waals surface area (Å²) in [5.74, 6) is -0.105. The number of nitrogens with two attached hydrogens (primary N) is 1. The first kappa shape index (κ1) is 15.3. The van der Waals surface area contributed by atoms with E-state index in [0.29, 0.717) is 0 Å². The minimum absolute atomic E-state index is 0.105. The maximum absolute atomic E-state index is 11.9. The molecule has 4 nitrogen and oxygen atoms in total. The Kier molecular flexibility index (Phi) is 5.89. The van der Waals surface area contributed by atoms with Crippen molar-refractivity contribution in [2.75, 3.05) is 20.6 Å². The number of nitrogens with zero attached hydrogens (tertiary/aromatic N) is 1. The number of rotatable bonds is 6. The van der Waals surface area contributed by atoms with Crippen molar-refractivity contribution in [3.8, 4) is 0 Å². The third kappa shape index (κ3) is 4.90. The van der Waals surface area contributed by atoms with E-state index in [1.54, 1.807) is 13.8 Å². The van der Waals surface area contributed by atoms with Crippen molar-refractivity contribution in [3.05, 3.63) is 0 Å². The van der Waals surface area contributed by atoms with E-state index in [-0.39, 0.29) is 16.9 Å². The van der Waals surface area contributed by atoms with Gasteiger partial charge in [-0.15, -0.1) is 0 Å². The fourth-order valence-corrected chi connectivity index (χ4v) is 1.13. The van der Waals surface area contributed by atoms with E-state index < -0.39 is 5.41 Å². The molecule has 0 aliphatic heterocycles. The second-order valence-corrected chi connectivity index (χ2v) is 5.40. The number of hydrogen-bond acceptors (Lipinski definition) is 3. The van der Waals surface area contributed by atoms with Gasteiger partial charge in [-0.05, 0) is 47.8 Å². The highest BCUT2D eigenvalue weighted by atomic mass is 32.1. The van der Waals surface area contributed by atoms with Crippen LogP contribution in [0.3, 0.4) is 0 Å². The molecule has 5 heteroatoms. The first-order valence-corrected chi connectivity index (χ1v) is 5.84. The molecule has 16 heavy (non-hydrogen) atoms. The van der Waals surface area contributed by atoms with Crippen LogP contribution in [0.1, 0.15) is 27.2 Å². The predicted octanol–water partition coefficient (Wildman–Crippen LogP) is 0.755. The van der Waals surface area contributed by atoms with Gasteiger partial charge in [-0.25, -0.2) is 0 Å². The van der Waals surface area contributed by atoms with Crippen LogP contribution < -0.4 is 11.1 Å². The molecule has 1 amide bonds. The van der Waals surface area contributed by atoms with E-state index in [4.69, 9.17) is 18.0 Å². The van der Waals surface area contributed by atoms with E-state index >= 15 is 0 Å². The zero-order valence-corrected chi connectivity index (χ0v) is 11.6. The Bertz CT molecular complexity index is 264. The Labute approximate surface area is 104 Å². The van der Waals surface area contributed by atoms with Gasteiger partial charge >= 0.3 is 0 Å². The van der Waals surface area contributed by atoms with Crippen LogP contribution in [0.4, 0.5) is 0 Å². The highest BCUT2D eigenvalue weighted by molar-refractivity contribution is 7.80. The highest BCUT2D eigenvalue weighted by Crippen LogP contribution is 2.15. The molecule has 0 radical (unpaired) electrons. The molecule has 1 unspecified atom stereocenters. The van der Waals surface area contributed by atoms with Crippen molar-refractivity contribution in [2.24, 2.45) is 11.1 Å². The van der Waals surface area contributed by atoms with Crippen LogP contribution in [0.2, 0.25) is 0 Å². The molecule has 94 valence electrons. The zero-order chi connectivity index (χ0) is 12.9. The Morgan fingerprint density at radius 2 is 2.00 bits per heavy atom. The number of thiocarbonyl (C=S) groups is 1. The third-order valence-corrected chi connectivity index (χ3v) is 3.08. The minimum Gasteiger partial charge on any atom is -0.392 e. The maximum atomic E-state index is 11.9. The highest BCUT2D eigenvalue weighted by Gasteiger charge is 2.31. The summed E-state index contributed by atoms with van der Waals surface area (Å²) in [4.78, 5) is 14.2. The van der Waals surface area contributed by atoms with Crippen molar-refractivity contribution in [3.63, 3.8) is 0 Å². The summed E-state index contributed by atoms with van der Waals surface area (Å²) in [7, 11) is 4.01. The lowest BCUT2D eigenvalue weighted by molar-refractivity contribution is -0.126. The van der Waals surface area contributed by atoms with Gasteiger partial charge in [0, 0.05) is 6.04 Å². The van der Waals surface area contributed by atoms with Crippen LogP contribution in [-0.4, -0.2) is 42.5 Å². The van der Waals surface area contributed by atoms with E-state index in [1.807, 2.05) is 21.0 Å². The van der Waals surface area contributed by atoms with Crippen LogP contribution in [0.25, 0.3) is 0 Å². The largest absolute Gasteiger partial charge is 0.392 e. The molecule has 0 heterocycles. The molecular weight excluding hydrogens is 222 g/mol. The normalized spacial score (nSPS) is 13.6. The van der Waals surface area contributed by atoms with Gasteiger partial charge in [-0.2, -0.15) is 0 Å². The van der Waals surface area contributed by atoms with Crippen LogP contribution >= 0.6 is 12.2 Å². The number of nitrogens with one attached hydrogen (secondary N) is 1. The molecule has 0 saturated heterocycles. The molecule has 0 aromatic carbocycles. The summed E-state index contributed by atoms with van der Waals surface area (Å²) >= 11 is 4.88. The van der Waals surface area contributed by atoms with Gasteiger partial charge in [-0.3, -0.25) is 4.79 Å². The number of hydrogen-bond donors (Lipinski definition) is 2. The van der Waals surface area contributed by atoms with Gasteiger partial charge in [0.1, 0.15) is 0 Å². The van der Waals surface area contributed by atoms with Gasteiger partial charge in [0.25, 0.3) is 0 Å². The average Bonchev–Trinajstić information content (AvgIpc) is 2.14. The quantitative estimate of drug-likeness (QED) is 0.678. The van der Waals surface area contributed by atoms with Crippen LogP contribution in [0.15, 0.2) is 0 Å². The van der Waals surface area contributed by atoms with Crippen molar-refractivity contribution < 1.29 is 4.79 Å². The van der Waals surface area contributed by atoms with Gasteiger partial charge in [-0.1, -0.05) is 12.2 Å². The summed E-state index contributed by atoms with van der Waals surface area (Å²) in [6, 6.07) is 0.128. The fourth-order valence-electron chi connectivity index (χ4n) is 1.04. The van der Waals surface area contributed by atoms with Gasteiger partial charge in [0.2, 0.25) is 5.91 Å². The number of carbonyl (C=O) groups excluding carboxylic acids is 1. The van der Waals surface area contributed by atoms with Crippen LogP contribution in [0, 0.1) is 5.41 Å². The molecule has 0 fully saturated rings. The molecule has 0 aliphatic rings. The zero-order valence-electron chi connectivity index (χ0n) is 10.8. The second-order valence-electron chi connectivity index (χ2n) is 4.96. The summed E-state index contributed by atoms with van der Waals surface area (Å²) in [5, 5.41) is 2.92. The Hall–Kier alpha value is -0.680. The molecule has 3 N–H and O–H groups in total. The molecule has 0 rings (SSSR count). The molecular formula is C11H23N3OS. The van der Waals surface area contributed by atoms with Crippen molar-refractivity contribution >= 4 is 23.1 Å². The number of amides is 1. The second kappa shape index (κ2) is 6.15. The lowest BCUT2D eigenvalue weighted by atomic mass is 9.92.